The van der Waals surface area contributed by atoms with Crippen molar-refractivity contribution in [3.63, 3.8) is 0 Å². The number of carbonyl (C=O) groups excluding carboxylic acids is 2. The topological polar surface area (TPSA) is 62.7 Å². The summed E-state index contributed by atoms with van der Waals surface area (Å²) in [5.41, 5.74) is 2.46. The van der Waals surface area contributed by atoms with Crippen molar-refractivity contribution in [2.75, 3.05) is 7.11 Å². The highest BCUT2D eigenvalue weighted by atomic mass is 16.5. The number of rotatable bonds is 9. The Labute approximate surface area is 227 Å². The molecule has 6 nitrogen and oxygen atoms in total. The predicted molar refractivity (Wildman–Crippen MR) is 151 cm³/mol. The van der Waals surface area contributed by atoms with E-state index in [1.54, 1.807) is 7.11 Å². The average molecular weight is 516 g/mol. The molecule has 0 N–H and O–H groups in total. The molecule has 0 unspecified atom stereocenters. The maximum absolute atomic E-state index is 13.4. The van der Waals surface area contributed by atoms with E-state index in [4.69, 9.17) is 9.72 Å². The summed E-state index contributed by atoms with van der Waals surface area (Å²) in [6, 6.07) is 23.7. The van der Waals surface area contributed by atoms with E-state index in [1.807, 2.05) is 124 Å². The van der Waals surface area contributed by atoms with Crippen LogP contribution in [0.5, 0.6) is 5.75 Å². The van der Waals surface area contributed by atoms with Gasteiger partial charge in [-0.25, -0.2) is 0 Å². The predicted octanol–water partition coefficient (Wildman–Crippen LogP) is 6.24. The van der Waals surface area contributed by atoms with Gasteiger partial charge in [-0.1, -0.05) is 102 Å². The van der Waals surface area contributed by atoms with E-state index < -0.39 is 10.8 Å². The van der Waals surface area contributed by atoms with E-state index >= 15 is 0 Å². The lowest BCUT2D eigenvalue weighted by molar-refractivity contribution is -0.141. The molecule has 2 aromatic carbocycles. The summed E-state index contributed by atoms with van der Waals surface area (Å²) < 4.78 is 5.60. The van der Waals surface area contributed by atoms with Crippen molar-refractivity contribution in [1.82, 2.24) is 14.8 Å². The number of methoxy groups -OCH3 is 1. The smallest absolute Gasteiger partial charge is 0.228 e. The molecule has 0 saturated heterocycles. The van der Waals surface area contributed by atoms with Crippen LogP contribution in [0.15, 0.2) is 72.8 Å². The van der Waals surface area contributed by atoms with Crippen molar-refractivity contribution in [3.05, 3.63) is 95.3 Å². The normalized spacial score (nSPS) is 11.7. The van der Waals surface area contributed by atoms with Crippen molar-refractivity contribution in [1.29, 1.82) is 0 Å². The van der Waals surface area contributed by atoms with Gasteiger partial charge in [0.05, 0.1) is 31.6 Å². The summed E-state index contributed by atoms with van der Waals surface area (Å²) >= 11 is 0. The molecule has 1 heterocycles. The van der Waals surface area contributed by atoms with E-state index in [-0.39, 0.29) is 11.8 Å². The van der Waals surface area contributed by atoms with E-state index in [0.29, 0.717) is 31.9 Å². The number of pyridine rings is 1. The fraction of sp³-hybridized carbons (Fsp3) is 0.406. The van der Waals surface area contributed by atoms with Crippen LogP contribution in [0, 0.1) is 10.8 Å². The molecule has 6 heteroatoms. The molecule has 0 aliphatic carbocycles. The molecular formula is C32H41N3O3. The molecule has 0 atom stereocenters. The second-order valence-corrected chi connectivity index (χ2v) is 11.8. The van der Waals surface area contributed by atoms with Crippen LogP contribution < -0.4 is 4.74 Å². The second kappa shape index (κ2) is 12.2. The number of nitrogens with zero attached hydrogens (tertiary/aromatic N) is 3. The summed E-state index contributed by atoms with van der Waals surface area (Å²) in [5, 5.41) is 0. The molecule has 0 spiro atoms. The first-order valence-electron chi connectivity index (χ1n) is 13.1. The maximum atomic E-state index is 13.4. The van der Waals surface area contributed by atoms with Crippen molar-refractivity contribution >= 4 is 11.8 Å². The van der Waals surface area contributed by atoms with Gasteiger partial charge in [-0.05, 0) is 11.1 Å². The molecule has 2 amide bonds. The summed E-state index contributed by atoms with van der Waals surface area (Å²) in [7, 11) is 1.62. The van der Waals surface area contributed by atoms with E-state index in [1.165, 1.54) is 0 Å². The van der Waals surface area contributed by atoms with E-state index in [2.05, 4.69) is 0 Å². The van der Waals surface area contributed by atoms with Crippen LogP contribution >= 0.6 is 0 Å². The van der Waals surface area contributed by atoms with Gasteiger partial charge in [-0.2, -0.15) is 0 Å². The van der Waals surface area contributed by atoms with Gasteiger partial charge in [0.1, 0.15) is 5.75 Å². The molecule has 202 valence electrons. The molecule has 0 saturated carbocycles. The van der Waals surface area contributed by atoms with Crippen LogP contribution in [0.3, 0.4) is 0 Å². The quantitative estimate of drug-likeness (QED) is 0.338. The van der Waals surface area contributed by atoms with Gasteiger partial charge in [0.2, 0.25) is 11.8 Å². The second-order valence-electron chi connectivity index (χ2n) is 11.8. The molecular weight excluding hydrogens is 474 g/mol. The highest BCUT2D eigenvalue weighted by Gasteiger charge is 2.29. The first-order valence-corrected chi connectivity index (χ1v) is 13.1. The molecule has 3 rings (SSSR count). The maximum Gasteiger partial charge on any atom is 0.228 e. The van der Waals surface area contributed by atoms with Crippen molar-refractivity contribution in [2.24, 2.45) is 10.8 Å². The lowest BCUT2D eigenvalue weighted by Crippen LogP contribution is -2.39. The largest absolute Gasteiger partial charge is 0.497 e. The van der Waals surface area contributed by atoms with Crippen molar-refractivity contribution < 1.29 is 14.3 Å². The zero-order chi connectivity index (χ0) is 27.9. The van der Waals surface area contributed by atoms with Crippen LogP contribution in [0.1, 0.15) is 64.1 Å². The molecule has 0 aliphatic rings. The zero-order valence-electron chi connectivity index (χ0n) is 23.8. The Hall–Kier alpha value is -3.67. The molecule has 0 fully saturated rings. The molecule has 0 radical (unpaired) electrons. The highest BCUT2D eigenvalue weighted by molar-refractivity contribution is 5.82. The number of ether oxygens (including phenoxy) is 1. The minimum atomic E-state index is -0.540. The molecule has 38 heavy (non-hydrogen) atoms. The Bertz CT molecular complexity index is 1120. The third kappa shape index (κ3) is 8.17. The Morgan fingerprint density at radius 3 is 1.34 bits per heavy atom. The van der Waals surface area contributed by atoms with Crippen molar-refractivity contribution in [2.45, 2.75) is 67.7 Å². The Morgan fingerprint density at radius 1 is 0.658 bits per heavy atom. The first kappa shape index (κ1) is 28.9. The van der Waals surface area contributed by atoms with Gasteiger partial charge in [0, 0.05) is 36.1 Å². The van der Waals surface area contributed by atoms with Gasteiger partial charge < -0.3 is 14.5 Å². The number of amides is 2. The fourth-order valence-corrected chi connectivity index (χ4v) is 4.25. The summed E-state index contributed by atoms with van der Waals surface area (Å²) in [4.78, 5) is 35.4. The van der Waals surface area contributed by atoms with Gasteiger partial charge in [-0.15, -0.1) is 0 Å². The minimum absolute atomic E-state index is 0.0427. The number of hydrogen-bond donors (Lipinski definition) is 0. The van der Waals surface area contributed by atoms with Gasteiger partial charge in [0.25, 0.3) is 0 Å². The summed E-state index contributed by atoms with van der Waals surface area (Å²) in [6.45, 7) is 13.2. The number of carbonyl (C=O) groups is 2. The monoisotopic (exact) mass is 515 g/mol. The summed E-state index contributed by atoms with van der Waals surface area (Å²) in [6.07, 6.45) is 0. The standard InChI is InChI=1S/C32H41N3O3/c1-31(2,3)29(36)34(20-24-14-10-8-11-15-24)22-26-18-28(38-7)19-27(33-26)23-35(30(37)32(4,5)6)21-25-16-12-9-13-17-25/h8-19H,20-23H2,1-7H3. The Kier molecular flexibility index (Phi) is 9.31. The van der Waals surface area contributed by atoms with Gasteiger partial charge in [0.15, 0.2) is 0 Å². The Morgan fingerprint density at radius 2 is 1.03 bits per heavy atom. The first-order chi connectivity index (χ1) is 17.9. The number of hydrogen-bond acceptors (Lipinski definition) is 4. The highest BCUT2D eigenvalue weighted by Crippen LogP contribution is 2.25. The average Bonchev–Trinajstić information content (AvgIpc) is 2.87. The third-order valence-electron chi connectivity index (χ3n) is 6.14. The van der Waals surface area contributed by atoms with Crippen LogP contribution in [0.25, 0.3) is 0 Å². The van der Waals surface area contributed by atoms with E-state index in [9.17, 15) is 9.59 Å². The van der Waals surface area contributed by atoms with Crippen molar-refractivity contribution in [3.8, 4) is 5.75 Å². The lowest BCUT2D eigenvalue weighted by atomic mass is 9.94. The minimum Gasteiger partial charge on any atom is -0.497 e. The summed E-state index contributed by atoms with van der Waals surface area (Å²) in [5.74, 6) is 0.734. The SMILES string of the molecule is COc1cc(CN(Cc2ccccc2)C(=O)C(C)(C)C)nc(CN(Cc2ccccc2)C(=O)C(C)(C)C)c1. The number of aromatic nitrogens is 1. The van der Waals surface area contributed by atoms with E-state index in [0.717, 1.165) is 22.5 Å². The Balaban J connectivity index is 1.93. The molecule has 1 aromatic heterocycles. The fourth-order valence-electron chi connectivity index (χ4n) is 4.25. The third-order valence-corrected chi connectivity index (χ3v) is 6.14. The van der Waals surface area contributed by atoms with Gasteiger partial charge in [-0.3, -0.25) is 14.6 Å². The molecule has 0 bridgehead atoms. The molecule has 0 aliphatic heterocycles. The van der Waals surface area contributed by atoms with Crippen LogP contribution in [-0.2, 0) is 35.8 Å². The number of benzene rings is 2. The molecule has 3 aromatic rings. The van der Waals surface area contributed by atoms with Gasteiger partial charge >= 0.3 is 0 Å². The van der Waals surface area contributed by atoms with Crippen LogP contribution in [0.2, 0.25) is 0 Å². The van der Waals surface area contributed by atoms with Crippen LogP contribution in [0.4, 0.5) is 0 Å². The lowest BCUT2D eigenvalue weighted by Gasteiger charge is -2.31. The van der Waals surface area contributed by atoms with Crippen LogP contribution in [-0.4, -0.2) is 33.7 Å². The zero-order valence-corrected chi connectivity index (χ0v) is 23.8.